The van der Waals surface area contributed by atoms with Crippen molar-refractivity contribution in [2.24, 2.45) is 0 Å². The molecule has 0 radical (unpaired) electrons. The summed E-state index contributed by atoms with van der Waals surface area (Å²) >= 11 is 0. The smallest absolute Gasteiger partial charge is 0.250 e. The van der Waals surface area contributed by atoms with Gasteiger partial charge in [-0.3, -0.25) is 0 Å². The second-order valence-electron chi connectivity index (χ2n) is 9.75. The first-order chi connectivity index (χ1) is 20.8. The first-order valence-electron chi connectivity index (χ1n) is 13.5. The van der Waals surface area contributed by atoms with Crippen LogP contribution in [0.25, 0.3) is 11.4 Å². The third-order valence-corrected chi connectivity index (χ3v) is 6.62. The number of rotatable bonds is 11. The number of nitrogens with zero attached hydrogens (tertiary/aromatic N) is 6. The lowest BCUT2D eigenvalue weighted by Gasteiger charge is -2.24. The first-order valence-corrected chi connectivity index (χ1v) is 13.5. The van der Waals surface area contributed by atoms with Gasteiger partial charge in [-0.25, -0.2) is 19.3 Å². The van der Waals surface area contributed by atoms with E-state index < -0.39 is 5.82 Å². The lowest BCUT2D eigenvalue weighted by molar-refractivity contribution is 0.369. The number of aryl methyl sites for hydroxylation is 2. The minimum absolute atomic E-state index is 0.0884. The number of hydrogen-bond acceptors (Lipinski definition) is 10. The average Bonchev–Trinajstić information content (AvgIpc) is 3.01. The standard InChI is InChI=1S/C32H32FN7O3/c1-20-6-15-27(29(35-20)38-24-16-28(33)31(43-5)34-17-24)30-36-21(2)37-32(39-30)40(18-22-7-11-25(41-3)12-8-22)19-23-9-13-26(42-4)14-10-23/h6-17H,18-19H2,1-5H3,(H,35,38). The van der Waals surface area contributed by atoms with Crippen LogP contribution in [0, 0.1) is 19.7 Å². The van der Waals surface area contributed by atoms with Crippen LogP contribution in [-0.2, 0) is 13.1 Å². The van der Waals surface area contributed by atoms with Crippen molar-refractivity contribution in [1.29, 1.82) is 0 Å². The van der Waals surface area contributed by atoms with E-state index in [0.717, 1.165) is 28.3 Å². The number of nitrogens with one attached hydrogen (secondary N) is 1. The van der Waals surface area contributed by atoms with Gasteiger partial charge >= 0.3 is 0 Å². The Bertz CT molecular complexity index is 1650. The number of hydrogen-bond donors (Lipinski definition) is 1. The van der Waals surface area contributed by atoms with Crippen LogP contribution in [0.3, 0.4) is 0 Å². The highest BCUT2D eigenvalue weighted by Crippen LogP contribution is 2.30. The van der Waals surface area contributed by atoms with Crippen molar-refractivity contribution in [3.05, 3.63) is 101 Å². The van der Waals surface area contributed by atoms with E-state index in [9.17, 15) is 4.39 Å². The number of pyridine rings is 2. The Morgan fingerprint density at radius 3 is 1.93 bits per heavy atom. The third-order valence-electron chi connectivity index (χ3n) is 6.62. The Balaban J connectivity index is 1.53. The molecule has 2 aromatic carbocycles. The van der Waals surface area contributed by atoms with Crippen LogP contribution in [-0.4, -0.2) is 46.2 Å². The van der Waals surface area contributed by atoms with Gasteiger partial charge in [0.15, 0.2) is 11.6 Å². The zero-order valence-corrected chi connectivity index (χ0v) is 24.6. The molecule has 0 spiro atoms. The predicted molar refractivity (Wildman–Crippen MR) is 162 cm³/mol. The molecule has 0 bridgehead atoms. The van der Waals surface area contributed by atoms with E-state index in [1.807, 2.05) is 74.5 Å². The summed E-state index contributed by atoms with van der Waals surface area (Å²) in [6.07, 6.45) is 1.48. The van der Waals surface area contributed by atoms with Gasteiger partial charge < -0.3 is 24.4 Å². The molecule has 5 rings (SSSR count). The van der Waals surface area contributed by atoms with Crippen LogP contribution in [0.1, 0.15) is 22.6 Å². The summed E-state index contributed by atoms with van der Waals surface area (Å²) in [5, 5.41) is 3.17. The van der Waals surface area contributed by atoms with E-state index in [1.165, 1.54) is 19.4 Å². The number of aromatic nitrogens is 5. The van der Waals surface area contributed by atoms with Gasteiger partial charge in [-0.2, -0.15) is 9.97 Å². The van der Waals surface area contributed by atoms with Crippen molar-refractivity contribution in [2.45, 2.75) is 26.9 Å². The summed E-state index contributed by atoms with van der Waals surface area (Å²) in [4.78, 5) is 25.0. The Morgan fingerprint density at radius 2 is 1.37 bits per heavy atom. The molecule has 220 valence electrons. The maximum absolute atomic E-state index is 14.4. The minimum atomic E-state index is -0.590. The molecule has 0 unspecified atom stereocenters. The molecule has 0 saturated carbocycles. The third kappa shape index (κ3) is 7.13. The van der Waals surface area contributed by atoms with Crippen LogP contribution in [0.2, 0.25) is 0 Å². The maximum Gasteiger partial charge on any atom is 0.250 e. The summed E-state index contributed by atoms with van der Waals surface area (Å²) in [6, 6.07) is 20.8. The summed E-state index contributed by atoms with van der Waals surface area (Å²) in [5.41, 5.74) is 3.91. The van der Waals surface area contributed by atoms with Gasteiger partial charge in [0.05, 0.1) is 38.8 Å². The fourth-order valence-electron chi connectivity index (χ4n) is 4.44. The van der Waals surface area contributed by atoms with Crippen LogP contribution in [0.15, 0.2) is 72.9 Å². The lowest BCUT2D eigenvalue weighted by Crippen LogP contribution is -2.25. The first kappa shape index (κ1) is 29.2. The van der Waals surface area contributed by atoms with E-state index in [4.69, 9.17) is 24.2 Å². The van der Waals surface area contributed by atoms with Crippen LogP contribution >= 0.6 is 0 Å². The number of methoxy groups -OCH3 is 3. The number of benzene rings is 2. The Hall–Kier alpha value is -5.32. The van der Waals surface area contributed by atoms with Gasteiger partial charge in [-0.05, 0) is 61.4 Å². The molecule has 0 aliphatic rings. The SMILES string of the molecule is COc1ccc(CN(Cc2ccc(OC)cc2)c2nc(C)nc(-c3ccc(C)nc3Nc3cnc(OC)c(F)c3)n2)cc1. The topological polar surface area (TPSA) is 107 Å². The Kier molecular flexibility index (Phi) is 8.90. The molecule has 5 aromatic rings. The summed E-state index contributed by atoms with van der Waals surface area (Å²) in [6.45, 7) is 4.77. The molecule has 3 heterocycles. The van der Waals surface area contributed by atoms with Crippen molar-refractivity contribution < 1.29 is 18.6 Å². The molecule has 43 heavy (non-hydrogen) atoms. The van der Waals surface area contributed by atoms with Crippen molar-refractivity contribution in [3.8, 4) is 28.8 Å². The molecule has 0 amide bonds. The maximum atomic E-state index is 14.4. The highest BCUT2D eigenvalue weighted by molar-refractivity contribution is 5.75. The van der Waals surface area contributed by atoms with E-state index >= 15 is 0 Å². The van der Waals surface area contributed by atoms with Gasteiger partial charge in [0.2, 0.25) is 11.8 Å². The highest BCUT2D eigenvalue weighted by atomic mass is 19.1. The molecule has 1 N–H and O–H groups in total. The van der Waals surface area contributed by atoms with E-state index in [2.05, 4.69) is 25.2 Å². The predicted octanol–water partition coefficient (Wildman–Crippen LogP) is 6.06. The fraction of sp³-hybridized carbons (Fsp3) is 0.219. The summed E-state index contributed by atoms with van der Waals surface area (Å²) < 4.78 is 30.0. The van der Waals surface area contributed by atoms with Gasteiger partial charge in [0, 0.05) is 24.8 Å². The molecule has 10 nitrogen and oxygen atoms in total. The second kappa shape index (κ2) is 13.1. The molecule has 0 atom stereocenters. The van der Waals surface area contributed by atoms with Crippen molar-refractivity contribution in [2.75, 3.05) is 31.5 Å². The highest BCUT2D eigenvalue weighted by Gasteiger charge is 2.18. The Labute approximate surface area is 249 Å². The zero-order valence-electron chi connectivity index (χ0n) is 24.6. The molecule has 0 saturated heterocycles. The van der Waals surface area contributed by atoms with Crippen molar-refractivity contribution >= 4 is 17.5 Å². The molecule has 3 aromatic heterocycles. The molecule has 0 aliphatic carbocycles. The average molecular weight is 582 g/mol. The van der Waals surface area contributed by atoms with Crippen molar-refractivity contribution in [1.82, 2.24) is 24.9 Å². The molecule has 11 heteroatoms. The lowest BCUT2D eigenvalue weighted by atomic mass is 10.1. The second-order valence-corrected chi connectivity index (χ2v) is 9.75. The van der Waals surface area contributed by atoms with E-state index in [0.29, 0.717) is 47.8 Å². The zero-order chi connectivity index (χ0) is 30.3. The largest absolute Gasteiger partial charge is 0.497 e. The summed E-state index contributed by atoms with van der Waals surface area (Å²) in [7, 11) is 4.65. The fourth-order valence-corrected chi connectivity index (χ4v) is 4.44. The van der Waals surface area contributed by atoms with Crippen molar-refractivity contribution in [3.63, 3.8) is 0 Å². The molecular formula is C32H32FN7O3. The van der Waals surface area contributed by atoms with E-state index in [1.54, 1.807) is 14.2 Å². The summed E-state index contributed by atoms with van der Waals surface area (Å²) in [5.74, 6) is 2.80. The monoisotopic (exact) mass is 581 g/mol. The Morgan fingerprint density at radius 1 is 0.744 bits per heavy atom. The molecular weight excluding hydrogens is 549 g/mol. The van der Waals surface area contributed by atoms with Gasteiger partial charge in [-0.15, -0.1) is 0 Å². The van der Waals surface area contributed by atoms with Gasteiger partial charge in [0.1, 0.15) is 23.1 Å². The molecule has 0 fully saturated rings. The van der Waals surface area contributed by atoms with Gasteiger partial charge in [0.25, 0.3) is 0 Å². The van der Waals surface area contributed by atoms with E-state index in [-0.39, 0.29) is 5.88 Å². The van der Waals surface area contributed by atoms with Crippen LogP contribution in [0.5, 0.6) is 17.4 Å². The molecule has 0 aliphatic heterocycles. The number of halogens is 1. The minimum Gasteiger partial charge on any atom is -0.497 e. The van der Waals surface area contributed by atoms with Crippen LogP contribution < -0.4 is 24.4 Å². The number of anilines is 3. The number of ether oxygens (including phenoxy) is 3. The van der Waals surface area contributed by atoms with Gasteiger partial charge in [-0.1, -0.05) is 24.3 Å². The quantitative estimate of drug-likeness (QED) is 0.198. The van der Waals surface area contributed by atoms with Crippen LogP contribution in [0.4, 0.5) is 21.8 Å². The normalized spacial score (nSPS) is 10.7.